The second-order valence-corrected chi connectivity index (χ2v) is 4.96. The fourth-order valence-electron chi connectivity index (χ4n) is 1.67. The van der Waals surface area contributed by atoms with E-state index in [4.69, 9.17) is 10.00 Å². The minimum absolute atomic E-state index is 0.00340. The second kappa shape index (κ2) is 7.29. The Balaban J connectivity index is 2.76. The largest absolute Gasteiger partial charge is 0.480 e. The molecule has 0 aliphatic rings. The van der Waals surface area contributed by atoms with Gasteiger partial charge in [-0.3, -0.25) is 4.90 Å². The van der Waals surface area contributed by atoms with Crippen LogP contribution in [0.15, 0.2) is 30.3 Å². The zero-order chi connectivity index (χ0) is 15.9. The van der Waals surface area contributed by atoms with Crippen molar-refractivity contribution < 1.29 is 19.4 Å². The number of carbonyl (C=O) groups excluding carboxylic acids is 1. The van der Waals surface area contributed by atoms with E-state index in [2.05, 4.69) is 0 Å². The monoisotopic (exact) mass is 290 g/mol. The molecule has 6 nitrogen and oxygen atoms in total. The summed E-state index contributed by atoms with van der Waals surface area (Å²) in [7, 11) is 0. The van der Waals surface area contributed by atoms with Crippen LogP contribution in [-0.4, -0.2) is 34.2 Å². The lowest BCUT2D eigenvalue weighted by atomic mass is 10.0. The second-order valence-electron chi connectivity index (χ2n) is 4.96. The number of aliphatic carboxylic acids is 1. The van der Waals surface area contributed by atoms with E-state index in [1.54, 1.807) is 12.1 Å². The van der Waals surface area contributed by atoms with Crippen molar-refractivity contribution in [2.24, 2.45) is 0 Å². The molecule has 112 valence electrons. The van der Waals surface area contributed by atoms with Crippen LogP contribution >= 0.6 is 0 Å². The number of amides is 1. The van der Waals surface area contributed by atoms with Crippen LogP contribution in [0.5, 0.6) is 0 Å². The zero-order valence-electron chi connectivity index (χ0n) is 12.1. The molecule has 0 spiro atoms. The van der Waals surface area contributed by atoms with E-state index in [9.17, 15) is 14.7 Å². The number of benzene rings is 1. The van der Waals surface area contributed by atoms with Crippen LogP contribution in [0.2, 0.25) is 0 Å². The molecule has 1 N–H and O–H groups in total. The first kappa shape index (κ1) is 16.5. The molecule has 0 radical (unpaired) electrons. The predicted molar refractivity (Wildman–Crippen MR) is 75.3 cm³/mol. The molecule has 0 bridgehead atoms. The Morgan fingerprint density at radius 3 is 2.48 bits per heavy atom. The first-order chi connectivity index (χ1) is 9.89. The summed E-state index contributed by atoms with van der Waals surface area (Å²) in [5.41, 5.74) is -0.635. The van der Waals surface area contributed by atoms with Gasteiger partial charge in [-0.25, -0.2) is 9.59 Å². The molecule has 1 aromatic carbocycles. The third-order valence-electron chi connectivity index (χ3n) is 3.07. The van der Waals surface area contributed by atoms with Crippen molar-refractivity contribution in [1.29, 1.82) is 5.26 Å². The Morgan fingerprint density at radius 1 is 1.33 bits per heavy atom. The van der Waals surface area contributed by atoms with E-state index >= 15 is 0 Å². The average molecular weight is 290 g/mol. The number of ether oxygens (including phenoxy) is 1. The predicted octanol–water partition coefficient (Wildman–Crippen LogP) is 2.40. The zero-order valence-corrected chi connectivity index (χ0v) is 12.1. The van der Waals surface area contributed by atoms with E-state index in [0.29, 0.717) is 0 Å². The standard InChI is InChI=1S/C15H18N2O4/c1-15(2,13(18)19)17(10-6-9-16)14(20)21-11-12-7-4-3-5-8-12/h3-5,7-8H,6,10-11H2,1-2H3,(H,18,19). The van der Waals surface area contributed by atoms with Gasteiger partial charge >= 0.3 is 12.1 Å². The van der Waals surface area contributed by atoms with Crippen LogP contribution in [0.3, 0.4) is 0 Å². The van der Waals surface area contributed by atoms with Gasteiger partial charge in [-0.2, -0.15) is 5.26 Å². The molecule has 0 aliphatic heterocycles. The molecule has 1 rings (SSSR count). The van der Waals surface area contributed by atoms with Crippen molar-refractivity contribution in [1.82, 2.24) is 4.90 Å². The summed E-state index contributed by atoms with van der Waals surface area (Å²) >= 11 is 0. The molecule has 0 unspecified atom stereocenters. The summed E-state index contributed by atoms with van der Waals surface area (Å²) in [5, 5.41) is 17.8. The Morgan fingerprint density at radius 2 is 1.95 bits per heavy atom. The van der Waals surface area contributed by atoms with Gasteiger partial charge in [0.1, 0.15) is 12.1 Å². The number of hydrogen-bond donors (Lipinski definition) is 1. The maximum Gasteiger partial charge on any atom is 0.411 e. The van der Waals surface area contributed by atoms with Gasteiger partial charge in [0, 0.05) is 6.54 Å². The topological polar surface area (TPSA) is 90.6 Å². The van der Waals surface area contributed by atoms with Gasteiger partial charge in [0.05, 0.1) is 12.5 Å². The molecule has 0 aromatic heterocycles. The Hall–Kier alpha value is -2.55. The minimum atomic E-state index is -1.44. The van der Waals surface area contributed by atoms with Crippen LogP contribution in [0, 0.1) is 11.3 Å². The molecule has 0 atom stereocenters. The average Bonchev–Trinajstić information content (AvgIpc) is 2.46. The number of hydrogen-bond acceptors (Lipinski definition) is 4. The van der Waals surface area contributed by atoms with E-state index in [-0.39, 0.29) is 19.6 Å². The number of carboxylic acid groups (broad SMARTS) is 1. The highest BCUT2D eigenvalue weighted by molar-refractivity contribution is 5.83. The van der Waals surface area contributed by atoms with Gasteiger partial charge in [0.2, 0.25) is 0 Å². The number of rotatable bonds is 6. The summed E-state index contributed by atoms with van der Waals surface area (Å²) in [6.07, 6.45) is -0.710. The molecule has 1 aromatic rings. The third kappa shape index (κ3) is 4.49. The van der Waals surface area contributed by atoms with E-state index in [0.717, 1.165) is 10.5 Å². The normalized spacial score (nSPS) is 10.5. The highest BCUT2D eigenvalue weighted by Crippen LogP contribution is 2.17. The molecule has 0 fully saturated rings. The number of nitriles is 1. The van der Waals surface area contributed by atoms with Gasteiger partial charge in [0.25, 0.3) is 0 Å². The lowest BCUT2D eigenvalue weighted by Gasteiger charge is -2.33. The molecule has 0 aliphatic carbocycles. The van der Waals surface area contributed by atoms with Gasteiger partial charge in [-0.05, 0) is 19.4 Å². The first-order valence-electron chi connectivity index (χ1n) is 6.48. The van der Waals surface area contributed by atoms with Crippen molar-refractivity contribution in [2.45, 2.75) is 32.4 Å². The molecule has 0 saturated carbocycles. The minimum Gasteiger partial charge on any atom is -0.480 e. The van der Waals surface area contributed by atoms with Crippen LogP contribution in [0.4, 0.5) is 4.79 Å². The van der Waals surface area contributed by atoms with Gasteiger partial charge in [-0.15, -0.1) is 0 Å². The maximum atomic E-state index is 12.1. The molecule has 0 heterocycles. The van der Waals surface area contributed by atoms with Gasteiger partial charge in [-0.1, -0.05) is 30.3 Å². The Bertz CT molecular complexity index is 534. The lowest BCUT2D eigenvalue weighted by molar-refractivity contribution is -0.148. The number of nitrogens with zero attached hydrogens (tertiary/aromatic N) is 2. The quantitative estimate of drug-likeness (QED) is 0.868. The van der Waals surface area contributed by atoms with E-state index in [1.807, 2.05) is 24.3 Å². The van der Waals surface area contributed by atoms with E-state index in [1.165, 1.54) is 13.8 Å². The lowest BCUT2D eigenvalue weighted by Crippen LogP contribution is -2.53. The highest BCUT2D eigenvalue weighted by atomic mass is 16.6. The fourth-order valence-corrected chi connectivity index (χ4v) is 1.67. The Labute approximate surface area is 123 Å². The number of carbonyl (C=O) groups is 2. The maximum absolute atomic E-state index is 12.1. The molecule has 0 saturated heterocycles. The van der Waals surface area contributed by atoms with Crippen LogP contribution in [0.1, 0.15) is 25.8 Å². The summed E-state index contributed by atoms with van der Waals surface area (Å²) in [4.78, 5) is 24.4. The van der Waals surface area contributed by atoms with Crippen molar-refractivity contribution in [2.75, 3.05) is 6.54 Å². The highest BCUT2D eigenvalue weighted by Gasteiger charge is 2.38. The van der Waals surface area contributed by atoms with Crippen LogP contribution in [-0.2, 0) is 16.1 Å². The van der Waals surface area contributed by atoms with Crippen molar-refractivity contribution in [3.05, 3.63) is 35.9 Å². The van der Waals surface area contributed by atoms with Crippen LogP contribution in [0.25, 0.3) is 0 Å². The number of carboxylic acids is 1. The molecular formula is C15H18N2O4. The van der Waals surface area contributed by atoms with Crippen molar-refractivity contribution in [3.8, 4) is 6.07 Å². The summed E-state index contributed by atoms with van der Waals surface area (Å²) in [6.45, 7) is 2.86. The SMILES string of the molecule is CC(C)(C(=O)O)N(CCC#N)C(=O)OCc1ccccc1. The van der Waals surface area contributed by atoms with Crippen LogP contribution < -0.4 is 0 Å². The van der Waals surface area contributed by atoms with Crippen molar-refractivity contribution in [3.63, 3.8) is 0 Å². The smallest absolute Gasteiger partial charge is 0.411 e. The Kier molecular flexibility index (Phi) is 5.73. The molecule has 6 heteroatoms. The third-order valence-corrected chi connectivity index (χ3v) is 3.07. The summed E-state index contributed by atoms with van der Waals surface area (Å²) < 4.78 is 5.14. The molecular weight excluding hydrogens is 272 g/mol. The van der Waals surface area contributed by atoms with E-state index < -0.39 is 17.6 Å². The molecule has 21 heavy (non-hydrogen) atoms. The van der Waals surface area contributed by atoms with Crippen molar-refractivity contribution >= 4 is 12.1 Å². The summed E-state index contributed by atoms with van der Waals surface area (Å²) in [5.74, 6) is -1.16. The van der Waals surface area contributed by atoms with Gasteiger partial charge < -0.3 is 9.84 Å². The first-order valence-corrected chi connectivity index (χ1v) is 6.48. The summed E-state index contributed by atoms with van der Waals surface area (Å²) in [6, 6.07) is 11.0. The molecule has 1 amide bonds. The fraction of sp³-hybridized carbons (Fsp3) is 0.400. The van der Waals surface area contributed by atoms with Gasteiger partial charge in [0.15, 0.2) is 0 Å².